The van der Waals surface area contributed by atoms with Crippen LogP contribution in [0.5, 0.6) is 0 Å². The number of hydrogen-bond donors (Lipinski definition) is 0. The molecule has 0 aromatic heterocycles. The molecule has 1 saturated heterocycles. The van der Waals surface area contributed by atoms with Crippen molar-refractivity contribution in [1.29, 1.82) is 0 Å². The largest absolute Gasteiger partial charge is 0.473 e. The number of fused-ring (bicyclic) bond motifs is 1. The van der Waals surface area contributed by atoms with E-state index in [-0.39, 0.29) is 5.72 Å². The van der Waals surface area contributed by atoms with Crippen LogP contribution in [0.25, 0.3) is 6.08 Å². The average Bonchev–Trinajstić information content (AvgIpc) is 3.40. The summed E-state index contributed by atoms with van der Waals surface area (Å²) in [6, 6.07) is 22.3. The van der Waals surface area contributed by atoms with Gasteiger partial charge in [-0.15, -0.1) is 0 Å². The van der Waals surface area contributed by atoms with E-state index in [0.29, 0.717) is 11.8 Å². The summed E-state index contributed by atoms with van der Waals surface area (Å²) >= 11 is 0. The first-order valence-electron chi connectivity index (χ1n) is 12.8. The number of benzene rings is 2. The maximum atomic E-state index is 7.34. The molecule has 0 radical (unpaired) electrons. The topological polar surface area (TPSA) is 12.5 Å². The van der Waals surface area contributed by atoms with Crippen LogP contribution in [0.3, 0.4) is 0 Å². The summed E-state index contributed by atoms with van der Waals surface area (Å²) in [6.45, 7) is 2.32. The predicted octanol–water partition coefficient (Wildman–Crippen LogP) is 7.30. The van der Waals surface area contributed by atoms with E-state index >= 15 is 0 Å². The SMILES string of the molecule is C(=C1/CCC[C@@H]2[C@@H](c3ccccc3)C3=C(CCCC3)O[C@]12N1CCCC1)/c1ccccc1. The molecule has 0 bridgehead atoms. The summed E-state index contributed by atoms with van der Waals surface area (Å²) in [5.74, 6) is 2.30. The molecule has 6 rings (SSSR count). The Morgan fingerprint density at radius 3 is 2.28 bits per heavy atom. The van der Waals surface area contributed by atoms with Crippen molar-refractivity contribution in [3.05, 3.63) is 88.7 Å². The van der Waals surface area contributed by atoms with Crippen molar-refractivity contribution in [2.45, 2.75) is 69.4 Å². The minimum absolute atomic E-state index is 0.277. The summed E-state index contributed by atoms with van der Waals surface area (Å²) < 4.78 is 7.34. The molecule has 4 aliphatic rings. The van der Waals surface area contributed by atoms with Gasteiger partial charge in [0.2, 0.25) is 0 Å². The van der Waals surface area contributed by atoms with Gasteiger partial charge in [-0.1, -0.05) is 66.7 Å². The van der Waals surface area contributed by atoms with Crippen molar-refractivity contribution in [3.8, 4) is 0 Å². The lowest BCUT2D eigenvalue weighted by Crippen LogP contribution is -2.61. The second-order valence-electron chi connectivity index (χ2n) is 10.1. The zero-order valence-corrected chi connectivity index (χ0v) is 19.1. The quantitative estimate of drug-likeness (QED) is 0.511. The Morgan fingerprint density at radius 2 is 1.50 bits per heavy atom. The van der Waals surface area contributed by atoms with Crippen LogP contribution in [0.2, 0.25) is 0 Å². The van der Waals surface area contributed by atoms with Crippen LogP contribution in [0, 0.1) is 5.92 Å². The molecule has 2 heteroatoms. The van der Waals surface area contributed by atoms with E-state index in [1.807, 2.05) is 0 Å². The molecule has 2 heterocycles. The lowest BCUT2D eigenvalue weighted by atomic mass is 9.63. The fourth-order valence-corrected chi connectivity index (χ4v) is 7.01. The zero-order chi connectivity index (χ0) is 21.4. The highest BCUT2D eigenvalue weighted by Crippen LogP contribution is 2.58. The molecule has 0 N–H and O–H groups in total. The third-order valence-electron chi connectivity index (χ3n) is 8.31. The first kappa shape index (κ1) is 20.3. The van der Waals surface area contributed by atoms with Crippen LogP contribution < -0.4 is 0 Å². The van der Waals surface area contributed by atoms with Crippen molar-refractivity contribution in [1.82, 2.24) is 4.90 Å². The van der Waals surface area contributed by atoms with E-state index in [1.54, 1.807) is 5.57 Å². The van der Waals surface area contributed by atoms with Crippen LogP contribution in [-0.2, 0) is 4.74 Å². The van der Waals surface area contributed by atoms with E-state index in [4.69, 9.17) is 4.74 Å². The Hall–Kier alpha value is -2.32. The molecule has 2 aliphatic carbocycles. The Morgan fingerprint density at radius 1 is 0.781 bits per heavy atom. The fraction of sp³-hybridized carbons (Fsp3) is 0.467. The molecule has 166 valence electrons. The molecule has 32 heavy (non-hydrogen) atoms. The van der Waals surface area contributed by atoms with Crippen LogP contribution in [0.4, 0.5) is 0 Å². The summed E-state index contributed by atoms with van der Waals surface area (Å²) in [4.78, 5) is 2.74. The highest BCUT2D eigenvalue weighted by molar-refractivity contribution is 5.57. The van der Waals surface area contributed by atoms with Crippen molar-refractivity contribution < 1.29 is 4.74 Å². The lowest BCUT2D eigenvalue weighted by molar-refractivity contribution is -0.161. The van der Waals surface area contributed by atoms with Gasteiger partial charge in [0.15, 0.2) is 5.72 Å². The van der Waals surface area contributed by atoms with Crippen LogP contribution >= 0.6 is 0 Å². The van der Waals surface area contributed by atoms with Gasteiger partial charge in [0, 0.05) is 31.3 Å². The molecule has 1 saturated carbocycles. The second-order valence-corrected chi connectivity index (χ2v) is 10.1. The number of allylic oxidation sites excluding steroid dienone is 2. The predicted molar refractivity (Wildman–Crippen MR) is 131 cm³/mol. The highest BCUT2D eigenvalue weighted by atomic mass is 16.5. The summed E-state index contributed by atoms with van der Waals surface area (Å²) in [5.41, 5.74) is 5.66. The van der Waals surface area contributed by atoms with Crippen molar-refractivity contribution >= 4 is 6.08 Å². The van der Waals surface area contributed by atoms with Gasteiger partial charge in [0.05, 0.1) is 5.76 Å². The third kappa shape index (κ3) is 3.35. The van der Waals surface area contributed by atoms with E-state index in [1.165, 1.54) is 67.4 Å². The molecule has 0 amide bonds. The number of hydrogen-bond acceptors (Lipinski definition) is 2. The van der Waals surface area contributed by atoms with Gasteiger partial charge in [-0.05, 0) is 73.6 Å². The van der Waals surface area contributed by atoms with Crippen LogP contribution in [0.15, 0.2) is 77.6 Å². The molecule has 2 fully saturated rings. The molecule has 2 aliphatic heterocycles. The first-order valence-corrected chi connectivity index (χ1v) is 12.8. The van der Waals surface area contributed by atoms with Gasteiger partial charge >= 0.3 is 0 Å². The maximum absolute atomic E-state index is 7.34. The van der Waals surface area contributed by atoms with E-state index in [9.17, 15) is 0 Å². The standard InChI is InChI=1S/C30H35NO/c1-3-12-23(13-4-1)22-25-16-11-18-27-29(24-14-5-2-6-15-24)26-17-7-8-19-28(26)32-30(25,27)31-20-9-10-21-31/h1-6,12-15,22,27,29H,7-11,16-21H2/b25-22+/t27-,29+,30-/m1/s1. The monoisotopic (exact) mass is 425 g/mol. The molecule has 2 nitrogen and oxygen atoms in total. The zero-order valence-electron chi connectivity index (χ0n) is 19.1. The van der Waals surface area contributed by atoms with Gasteiger partial charge in [-0.25, -0.2) is 0 Å². The van der Waals surface area contributed by atoms with Gasteiger partial charge in [-0.2, -0.15) is 0 Å². The van der Waals surface area contributed by atoms with E-state index in [0.717, 1.165) is 25.9 Å². The Kier molecular flexibility index (Phi) is 5.43. The van der Waals surface area contributed by atoms with E-state index < -0.39 is 0 Å². The first-order chi connectivity index (χ1) is 15.9. The van der Waals surface area contributed by atoms with Gasteiger partial charge in [0.1, 0.15) is 0 Å². The summed E-state index contributed by atoms with van der Waals surface area (Å²) in [5, 5.41) is 0. The van der Waals surface area contributed by atoms with Gasteiger partial charge < -0.3 is 4.74 Å². The molecule has 2 aromatic rings. The number of ether oxygens (including phenoxy) is 1. The van der Waals surface area contributed by atoms with E-state index in [2.05, 4.69) is 71.6 Å². The minimum Gasteiger partial charge on any atom is -0.473 e. The van der Waals surface area contributed by atoms with Crippen molar-refractivity contribution in [2.75, 3.05) is 13.1 Å². The Bertz CT molecular complexity index is 1000. The highest BCUT2D eigenvalue weighted by Gasteiger charge is 2.58. The number of likely N-dealkylation sites (tertiary alicyclic amines) is 1. The summed E-state index contributed by atoms with van der Waals surface area (Å²) in [7, 11) is 0. The average molecular weight is 426 g/mol. The molecular weight excluding hydrogens is 390 g/mol. The summed E-state index contributed by atoms with van der Waals surface area (Å²) in [6.07, 6.45) is 13.6. The van der Waals surface area contributed by atoms with Gasteiger partial charge in [0.25, 0.3) is 0 Å². The van der Waals surface area contributed by atoms with Crippen molar-refractivity contribution in [2.24, 2.45) is 5.92 Å². The maximum Gasteiger partial charge on any atom is 0.189 e. The van der Waals surface area contributed by atoms with Crippen LogP contribution in [-0.4, -0.2) is 23.7 Å². The third-order valence-corrected chi connectivity index (χ3v) is 8.31. The minimum atomic E-state index is -0.277. The van der Waals surface area contributed by atoms with Crippen molar-refractivity contribution in [3.63, 3.8) is 0 Å². The molecule has 0 spiro atoms. The molecule has 2 aromatic carbocycles. The fourth-order valence-electron chi connectivity index (χ4n) is 7.01. The smallest absolute Gasteiger partial charge is 0.189 e. The number of rotatable bonds is 3. The van der Waals surface area contributed by atoms with Crippen LogP contribution in [0.1, 0.15) is 74.8 Å². The molecule has 0 unspecified atom stereocenters. The second kappa shape index (κ2) is 8.56. The Balaban J connectivity index is 1.55. The van der Waals surface area contributed by atoms with Gasteiger partial charge in [-0.3, -0.25) is 4.90 Å². The Labute approximate surface area is 193 Å². The normalized spacial score (nSPS) is 31.8. The lowest BCUT2D eigenvalue weighted by Gasteiger charge is -2.57. The molecule has 3 atom stereocenters. The number of nitrogens with zero attached hydrogens (tertiary/aromatic N) is 1. The molecular formula is C30H35NO.